The first kappa shape index (κ1) is 26.1. The summed E-state index contributed by atoms with van der Waals surface area (Å²) in [5.41, 5.74) is 6.55. The van der Waals surface area contributed by atoms with Gasteiger partial charge in [-0.1, -0.05) is 0 Å². The van der Waals surface area contributed by atoms with Crippen LogP contribution in [0.25, 0.3) is 5.65 Å². The maximum absolute atomic E-state index is 14.2. The van der Waals surface area contributed by atoms with Gasteiger partial charge in [0.2, 0.25) is 0 Å². The van der Waals surface area contributed by atoms with Crippen LogP contribution in [0, 0.1) is 11.7 Å². The second-order valence-electron chi connectivity index (χ2n) is 8.91. The number of anilines is 1. The van der Waals surface area contributed by atoms with Crippen molar-refractivity contribution >= 4 is 23.4 Å². The fraction of sp³-hybridized carbons (Fsp3) is 0.391. The number of piperidine rings is 1. The van der Waals surface area contributed by atoms with Gasteiger partial charge in [0.05, 0.1) is 11.7 Å². The van der Waals surface area contributed by atoms with Crippen molar-refractivity contribution in [3.8, 4) is 5.75 Å². The van der Waals surface area contributed by atoms with Crippen LogP contribution in [-0.4, -0.2) is 62.1 Å². The quantitative estimate of drug-likeness (QED) is 0.414. The van der Waals surface area contributed by atoms with E-state index < -0.39 is 23.7 Å². The van der Waals surface area contributed by atoms with Gasteiger partial charge in [-0.2, -0.15) is 18.3 Å². The summed E-state index contributed by atoms with van der Waals surface area (Å²) in [6.07, 6.45) is -0.280. The molecule has 3 aromatic rings. The Morgan fingerprint density at radius 1 is 1.30 bits per heavy atom. The zero-order chi connectivity index (χ0) is 27.1. The Labute approximate surface area is 207 Å². The fourth-order valence-electron chi connectivity index (χ4n) is 4.61. The van der Waals surface area contributed by atoms with Crippen LogP contribution in [0.5, 0.6) is 5.75 Å². The van der Waals surface area contributed by atoms with Crippen molar-refractivity contribution in [2.75, 3.05) is 18.1 Å². The molecule has 4 N–H and O–H groups in total. The van der Waals surface area contributed by atoms with Crippen molar-refractivity contribution in [3.63, 3.8) is 0 Å². The van der Waals surface area contributed by atoms with E-state index in [1.165, 1.54) is 22.8 Å². The number of aromatic carboxylic acids is 1. The molecule has 2 aliphatic rings. The number of benzene rings is 1. The predicted octanol–water partition coefficient (Wildman–Crippen LogP) is 3.05. The highest BCUT2D eigenvalue weighted by Gasteiger charge is 2.64. The third-order valence-corrected chi connectivity index (χ3v) is 6.27. The molecule has 3 heterocycles. The Balaban J connectivity index is 0.000000405. The van der Waals surface area contributed by atoms with E-state index in [1.54, 1.807) is 12.3 Å². The van der Waals surface area contributed by atoms with Crippen molar-refractivity contribution in [1.29, 1.82) is 0 Å². The van der Waals surface area contributed by atoms with Crippen molar-refractivity contribution in [2.45, 2.75) is 37.5 Å². The van der Waals surface area contributed by atoms with Crippen molar-refractivity contribution < 1.29 is 42.1 Å². The molecule has 0 radical (unpaired) electrons. The molecule has 3 atom stereocenters. The van der Waals surface area contributed by atoms with E-state index in [-0.39, 0.29) is 23.1 Å². The van der Waals surface area contributed by atoms with E-state index >= 15 is 0 Å². The SMILES string of the molecule is C[C@@H](N)COc1ccc(F)cc1[C@@]12C[C@@H]1CCN2c1ccn2ncc(C(=O)O)c2n1.O=C(O)C(F)(F)F. The number of hydrogen-bond acceptors (Lipinski definition) is 7. The minimum atomic E-state index is -5.08. The summed E-state index contributed by atoms with van der Waals surface area (Å²) in [7, 11) is 0. The highest BCUT2D eigenvalue weighted by Crippen LogP contribution is 2.64. The van der Waals surface area contributed by atoms with Crippen LogP contribution in [0.15, 0.2) is 36.7 Å². The van der Waals surface area contributed by atoms with E-state index in [4.69, 9.17) is 20.4 Å². The van der Waals surface area contributed by atoms with Crippen LogP contribution in [-0.2, 0) is 10.3 Å². The minimum absolute atomic E-state index is 0.0455. The molecule has 0 amide bonds. The monoisotopic (exact) mass is 525 g/mol. The summed E-state index contributed by atoms with van der Waals surface area (Å²) < 4.78 is 53.3. The van der Waals surface area contributed by atoms with Gasteiger partial charge in [0.25, 0.3) is 0 Å². The van der Waals surface area contributed by atoms with Crippen LogP contribution in [0.3, 0.4) is 0 Å². The molecule has 1 aliphatic carbocycles. The first-order valence-corrected chi connectivity index (χ1v) is 11.2. The lowest BCUT2D eigenvalue weighted by molar-refractivity contribution is -0.192. The van der Waals surface area contributed by atoms with Crippen LogP contribution in [0.2, 0.25) is 0 Å². The van der Waals surface area contributed by atoms with Crippen molar-refractivity contribution in [2.24, 2.45) is 11.7 Å². The number of aliphatic carboxylic acids is 1. The molecule has 198 valence electrons. The number of carboxylic acids is 2. The molecular weight excluding hydrogens is 502 g/mol. The summed E-state index contributed by atoms with van der Waals surface area (Å²) in [4.78, 5) is 27.1. The van der Waals surface area contributed by atoms with E-state index in [0.29, 0.717) is 24.1 Å². The van der Waals surface area contributed by atoms with Crippen molar-refractivity contribution in [1.82, 2.24) is 14.6 Å². The molecular formula is C23H23F4N5O5. The summed E-state index contributed by atoms with van der Waals surface area (Å²) in [6, 6.07) is 6.26. The number of nitrogens with zero attached hydrogens (tertiary/aromatic N) is 4. The Morgan fingerprint density at radius 2 is 2.00 bits per heavy atom. The normalized spacial score (nSPS) is 21.1. The van der Waals surface area contributed by atoms with Crippen molar-refractivity contribution in [3.05, 3.63) is 53.6 Å². The number of aromatic nitrogens is 3. The Morgan fingerprint density at radius 3 is 2.59 bits per heavy atom. The van der Waals surface area contributed by atoms with Gasteiger partial charge in [0.1, 0.15) is 29.6 Å². The molecule has 5 rings (SSSR count). The van der Waals surface area contributed by atoms with Crippen LogP contribution >= 0.6 is 0 Å². The lowest BCUT2D eigenvalue weighted by Crippen LogP contribution is -2.34. The molecule has 10 nitrogen and oxygen atoms in total. The molecule has 2 fully saturated rings. The molecule has 0 bridgehead atoms. The second-order valence-corrected chi connectivity index (χ2v) is 8.91. The third-order valence-electron chi connectivity index (χ3n) is 6.27. The van der Waals surface area contributed by atoms with Gasteiger partial charge in [0, 0.05) is 24.3 Å². The average molecular weight is 525 g/mol. The van der Waals surface area contributed by atoms with Gasteiger partial charge in [0.15, 0.2) is 5.65 Å². The minimum Gasteiger partial charge on any atom is -0.492 e. The van der Waals surface area contributed by atoms with Gasteiger partial charge in [-0.3, -0.25) is 0 Å². The smallest absolute Gasteiger partial charge is 0.490 e. The maximum atomic E-state index is 14.2. The summed E-state index contributed by atoms with van der Waals surface area (Å²) in [5, 5.41) is 20.6. The molecule has 0 spiro atoms. The number of nitrogens with two attached hydrogens (primary N) is 1. The number of fused-ring (bicyclic) bond motifs is 2. The molecule has 14 heteroatoms. The number of rotatable bonds is 6. The lowest BCUT2D eigenvalue weighted by Gasteiger charge is -2.31. The first-order chi connectivity index (χ1) is 17.3. The Hall–Kier alpha value is -3.94. The molecule has 0 unspecified atom stereocenters. The molecule has 1 saturated heterocycles. The third kappa shape index (κ3) is 5.01. The number of hydrogen-bond donors (Lipinski definition) is 3. The number of halogens is 4. The summed E-state index contributed by atoms with van der Waals surface area (Å²) >= 11 is 0. The van der Waals surface area contributed by atoms with Gasteiger partial charge in [-0.05, 0) is 49.9 Å². The zero-order valence-corrected chi connectivity index (χ0v) is 19.4. The highest BCUT2D eigenvalue weighted by molar-refractivity contribution is 5.94. The number of alkyl halides is 3. The maximum Gasteiger partial charge on any atom is 0.490 e. The lowest BCUT2D eigenvalue weighted by atomic mass is 10.0. The first-order valence-electron chi connectivity index (χ1n) is 11.2. The predicted molar refractivity (Wildman–Crippen MR) is 121 cm³/mol. The second kappa shape index (κ2) is 9.50. The molecule has 1 saturated carbocycles. The van der Waals surface area contributed by atoms with Crippen LogP contribution in [0.4, 0.5) is 23.4 Å². The van der Waals surface area contributed by atoms with Gasteiger partial charge in [-0.25, -0.2) is 23.5 Å². The standard InChI is InChI=1S/C21H22FN5O3.C2HF3O2/c1-12(23)11-30-17-3-2-14(22)8-16(17)21-9-13(21)4-6-26(21)18-5-7-27-19(25-18)15(10-24-27)20(28)29;3-2(4,5)1(6)7/h2-3,5,7-8,10,12-13H,4,6,9,11,23H2,1H3,(H,28,29);(H,6,7)/t12-,13+,21-;/m1./s1. The fourth-order valence-corrected chi connectivity index (χ4v) is 4.61. The van der Waals surface area contributed by atoms with Gasteiger partial charge in [-0.15, -0.1) is 0 Å². The van der Waals surface area contributed by atoms with Crippen LogP contribution in [0.1, 0.15) is 35.7 Å². The zero-order valence-electron chi connectivity index (χ0n) is 19.4. The number of ether oxygens (including phenoxy) is 1. The average Bonchev–Trinajstić information content (AvgIpc) is 3.19. The summed E-state index contributed by atoms with van der Waals surface area (Å²) in [5.74, 6) is -2.52. The molecule has 37 heavy (non-hydrogen) atoms. The van der Waals surface area contributed by atoms with Gasteiger partial charge < -0.3 is 25.6 Å². The van der Waals surface area contributed by atoms with Gasteiger partial charge >= 0.3 is 18.1 Å². The van der Waals surface area contributed by atoms with E-state index in [9.17, 15) is 27.5 Å². The molecule has 2 aromatic heterocycles. The largest absolute Gasteiger partial charge is 0.492 e. The van der Waals surface area contributed by atoms with Crippen LogP contribution < -0.4 is 15.4 Å². The van der Waals surface area contributed by atoms with E-state index in [2.05, 4.69) is 15.0 Å². The highest BCUT2D eigenvalue weighted by atomic mass is 19.4. The number of carbonyl (C=O) groups is 2. The number of carboxylic acid groups (broad SMARTS) is 2. The van der Waals surface area contributed by atoms with E-state index in [0.717, 1.165) is 24.9 Å². The molecule has 1 aromatic carbocycles. The topological polar surface area (TPSA) is 143 Å². The molecule has 1 aliphatic heterocycles. The Kier molecular flexibility index (Phi) is 6.71. The van der Waals surface area contributed by atoms with E-state index in [1.807, 2.05) is 13.0 Å². The Bertz CT molecular complexity index is 1340. The summed E-state index contributed by atoms with van der Waals surface area (Å²) in [6.45, 7) is 2.93.